The lowest BCUT2D eigenvalue weighted by Gasteiger charge is -2.01. The molecular weight excluding hydrogens is 221 g/mol. The minimum Gasteiger partial charge on any atom is -0.330 e. The molecule has 0 bridgehead atoms. The Labute approximate surface area is 102 Å². The first-order valence-electron chi connectivity index (χ1n) is 5.66. The normalized spacial score (nSPS) is 9.65. The third-order valence-corrected chi connectivity index (χ3v) is 1.85. The Balaban J connectivity index is 0.000000437. The van der Waals surface area contributed by atoms with Crippen LogP contribution in [0.1, 0.15) is 12.0 Å². The zero-order valence-electron chi connectivity index (χ0n) is 10.0. The van der Waals surface area contributed by atoms with E-state index in [1.807, 2.05) is 0 Å². The van der Waals surface area contributed by atoms with Crippen LogP contribution >= 0.6 is 0 Å². The van der Waals surface area contributed by atoms with Gasteiger partial charge in [-0.1, -0.05) is 6.07 Å². The monoisotopic (exact) mass is 243 g/mol. The van der Waals surface area contributed by atoms with Crippen molar-refractivity contribution in [2.45, 2.75) is 13.0 Å². The van der Waals surface area contributed by atoms with Crippen LogP contribution in [-0.2, 0) is 6.54 Å². The number of nitrogens with zero attached hydrogens (tertiary/aromatic N) is 1. The molecule has 17 heavy (non-hydrogen) atoms. The summed E-state index contributed by atoms with van der Waals surface area (Å²) in [6.45, 7) is 3.49. The van der Waals surface area contributed by atoms with Crippen molar-refractivity contribution in [2.24, 2.45) is 17.2 Å². The Bertz CT molecular complexity index is 263. The van der Waals surface area contributed by atoms with Gasteiger partial charge in [0.2, 0.25) is 5.95 Å². The van der Waals surface area contributed by atoms with Crippen molar-refractivity contribution in [1.82, 2.24) is 10.3 Å². The number of halogens is 1. The van der Waals surface area contributed by atoms with Crippen molar-refractivity contribution < 1.29 is 4.39 Å². The van der Waals surface area contributed by atoms with E-state index >= 15 is 0 Å². The average molecular weight is 243 g/mol. The highest BCUT2D eigenvalue weighted by molar-refractivity contribution is 5.08. The van der Waals surface area contributed by atoms with Gasteiger partial charge in [-0.05, 0) is 31.1 Å². The zero-order chi connectivity index (χ0) is 12.9. The molecule has 0 aliphatic carbocycles. The van der Waals surface area contributed by atoms with Gasteiger partial charge in [-0.2, -0.15) is 4.39 Å². The quantitative estimate of drug-likeness (QED) is 0.401. The second kappa shape index (κ2) is 11.4. The molecule has 1 aromatic rings. The average Bonchev–Trinajstić information content (AvgIpc) is 2.34. The van der Waals surface area contributed by atoms with Crippen LogP contribution in [0.15, 0.2) is 18.3 Å². The van der Waals surface area contributed by atoms with Gasteiger partial charge < -0.3 is 22.5 Å². The Kier molecular flexibility index (Phi) is 10.7. The second-order valence-electron chi connectivity index (χ2n) is 3.39. The van der Waals surface area contributed by atoms with Gasteiger partial charge in [-0.25, -0.2) is 4.98 Å². The molecule has 0 fully saturated rings. The summed E-state index contributed by atoms with van der Waals surface area (Å²) in [4.78, 5) is 3.52. The molecule has 0 saturated carbocycles. The molecule has 98 valence electrons. The Morgan fingerprint density at radius 3 is 2.24 bits per heavy atom. The summed E-state index contributed by atoms with van der Waals surface area (Å²) in [6, 6.07) is 3.05. The fraction of sp³-hybridized carbons (Fsp3) is 0.545. The van der Waals surface area contributed by atoms with Crippen molar-refractivity contribution in [3.05, 3.63) is 29.8 Å². The lowest BCUT2D eigenvalue weighted by atomic mass is 10.3. The van der Waals surface area contributed by atoms with E-state index in [0.717, 1.165) is 31.6 Å². The number of hydrogen-bond donors (Lipinski definition) is 4. The molecule has 7 N–H and O–H groups in total. The highest BCUT2D eigenvalue weighted by Crippen LogP contribution is 1.97. The van der Waals surface area contributed by atoms with Gasteiger partial charge in [0.1, 0.15) is 0 Å². The van der Waals surface area contributed by atoms with Gasteiger partial charge in [-0.15, -0.1) is 0 Å². The number of pyridine rings is 1. The third kappa shape index (κ3) is 9.83. The summed E-state index contributed by atoms with van der Waals surface area (Å²) in [6.07, 6.45) is 2.46. The molecule has 0 aromatic carbocycles. The maximum absolute atomic E-state index is 12.3. The summed E-state index contributed by atoms with van der Waals surface area (Å²) in [5, 5.41) is 3.08. The first kappa shape index (κ1) is 15.9. The Hall–Kier alpha value is -1.08. The predicted molar refractivity (Wildman–Crippen MR) is 67.7 cm³/mol. The van der Waals surface area contributed by atoms with E-state index in [-0.39, 0.29) is 0 Å². The highest BCUT2D eigenvalue weighted by Gasteiger charge is 1.93. The Morgan fingerprint density at radius 1 is 1.12 bits per heavy atom. The lowest BCUT2D eigenvalue weighted by Crippen LogP contribution is -2.21. The van der Waals surface area contributed by atoms with Gasteiger partial charge >= 0.3 is 0 Å². The third-order valence-electron chi connectivity index (χ3n) is 1.85. The summed E-state index contributed by atoms with van der Waals surface area (Å²) in [7, 11) is 0. The van der Waals surface area contributed by atoms with Gasteiger partial charge in [0.05, 0.1) is 0 Å². The molecule has 0 aliphatic rings. The maximum Gasteiger partial charge on any atom is 0.212 e. The summed E-state index contributed by atoms with van der Waals surface area (Å²) in [5.41, 5.74) is 16.4. The van der Waals surface area contributed by atoms with Gasteiger partial charge in [0.25, 0.3) is 0 Å². The first-order valence-corrected chi connectivity index (χ1v) is 5.66. The molecule has 0 radical (unpaired) electrons. The van der Waals surface area contributed by atoms with E-state index in [9.17, 15) is 4.39 Å². The van der Waals surface area contributed by atoms with Crippen molar-refractivity contribution in [3.63, 3.8) is 0 Å². The molecular formula is C11H22FN5. The highest BCUT2D eigenvalue weighted by atomic mass is 19.1. The standard InChI is InChI=1S/C8H12FN3.C3H10N2/c9-8-2-1-7(6-12-8)5-11-4-3-10;4-2-1-3-5/h1-2,6,11H,3-5,10H2;1-5H2. The van der Waals surface area contributed by atoms with Crippen LogP contribution in [0.2, 0.25) is 0 Å². The second-order valence-corrected chi connectivity index (χ2v) is 3.39. The van der Waals surface area contributed by atoms with Crippen LogP contribution in [0.5, 0.6) is 0 Å². The molecule has 1 heterocycles. The van der Waals surface area contributed by atoms with E-state index in [2.05, 4.69) is 10.3 Å². The molecule has 0 amide bonds. The van der Waals surface area contributed by atoms with Crippen LogP contribution in [0, 0.1) is 5.95 Å². The largest absolute Gasteiger partial charge is 0.330 e. The molecule has 5 nitrogen and oxygen atoms in total. The molecule has 0 aliphatic heterocycles. The number of nitrogens with two attached hydrogens (primary N) is 3. The Morgan fingerprint density at radius 2 is 1.82 bits per heavy atom. The summed E-state index contributed by atoms with van der Waals surface area (Å²) < 4.78 is 12.3. The molecule has 0 spiro atoms. The molecule has 0 saturated heterocycles. The number of rotatable bonds is 6. The molecule has 1 rings (SSSR count). The van der Waals surface area contributed by atoms with Crippen molar-refractivity contribution in [2.75, 3.05) is 26.2 Å². The maximum atomic E-state index is 12.3. The SMILES string of the molecule is NCCCN.NCCNCc1ccc(F)nc1. The predicted octanol–water partition coefficient (Wildman–Crippen LogP) is -0.437. The number of hydrogen-bond acceptors (Lipinski definition) is 5. The number of aromatic nitrogens is 1. The van der Waals surface area contributed by atoms with Gasteiger partial charge in [0, 0.05) is 25.8 Å². The van der Waals surface area contributed by atoms with Crippen LogP contribution in [0.4, 0.5) is 4.39 Å². The van der Waals surface area contributed by atoms with Gasteiger partial charge in [-0.3, -0.25) is 0 Å². The lowest BCUT2D eigenvalue weighted by molar-refractivity contribution is 0.580. The molecule has 0 atom stereocenters. The summed E-state index contributed by atoms with van der Waals surface area (Å²) >= 11 is 0. The molecule has 1 aromatic heterocycles. The molecule has 0 unspecified atom stereocenters. The van der Waals surface area contributed by atoms with Crippen molar-refractivity contribution in [1.29, 1.82) is 0 Å². The minimum absolute atomic E-state index is 0.447. The van der Waals surface area contributed by atoms with E-state index in [4.69, 9.17) is 17.2 Å². The fourth-order valence-electron chi connectivity index (χ4n) is 0.964. The van der Waals surface area contributed by atoms with Crippen molar-refractivity contribution >= 4 is 0 Å². The van der Waals surface area contributed by atoms with E-state index in [1.165, 1.54) is 12.3 Å². The first-order chi connectivity index (χ1) is 8.24. The van der Waals surface area contributed by atoms with Gasteiger partial charge in [0.15, 0.2) is 0 Å². The fourth-order valence-corrected chi connectivity index (χ4v) is 0.964. The number of nitrogens with one attached hydrogen (secondary N) is 1. The topological polar surface area (TPSA) is 103 Å². The van der Waals surface area contributed by atoms with Crippen LogP contribution < -0.4 is 22.5 Å². The van der Waals surface area contributed by atoms with E-state index in [1.54, 1.807) is 6.07 Å². The zero-order valence-corrected chi connectivity index (χ0v) is 10.0. The smallest absolute Gasteiger partial charge is 0.212 e. The summed E-state index contributed by atoms with van der Waals surface area (Å²) in [5.74, 6) is -0.447. The van der Waals surface area contributed by atoms with Crippen LogP contribution in [0.25, 0.3) is 0 Å². The van der Waals surface area contributed by atoms with Crippen LogP contribution in [-0.4, -0.2) is 31.2 Å². The van der Waals surface area contributed by atoms with Crippen LogP contribution in [0.3, 0.4) is 0 Å². The van der Waals surface area contributed by atoms with E-state index in [0.29, 0.717) is 13.1 Å². The minimum atomic E-state index is -0.447. The molecule has 6 heteroatoms. The van der Waals surface area contributed by atoms with E-state index < -0.39 is 5.95 Å². The van der Waals surface area contributed by atoms with Crippen molar-refractivity contribution in [3.8, 4) is 0 Å².